The summed E-state index contributed by atoms with van der Waals surface area (Å²) >= 11 is 0. The number of amides is 2. The summed E-state index contributed by atoms with van der Waals surface area (Å²) in [4.78, 5) is 16.6. The number of rotatable bonds is 5. The molecule has 4 rings (SSSR count). The van der Waals surface area contributed by atoms with Gasteiger partial charge in [-0.3, -0.25) is 4.90 Å². The molecule has 1 aliphatic heterocycles. The number of nitrogens with one attached hydrogen (secondary N) is 1. The number of urea groups is 1. The quantitative estimate of drug-likeness (QED) is 0.907. The van der Waals surface area contributed by atoms with E-state index < -0.39 is 0 Å². The van der Waals surface area contributed by atoms with E-state index in [9.17, 15) is 4.79 Å². The zero-order chi connectivity index (χ0) is 17.1. The van der Waals surface area contributed by atoms with Crippen LogP contribution < -0.4 is 5.32 Å². The van der Waals surface area contributed by atoms with Crippen molar-refractivity contribution in [2.45, 2.75) is 18.9 Å². The highest BCUT2D eigenvalue weighted by molar-refractivity contribution is 5.74. The maximum absolute atomic E-state index is 12.4. The number of carbonyl (C=O) groups is 1. The molecule has 1 aromatic heterocycles. The topological polar surface area (TPSA) is 61.6 Å². The van der Waals surface area contributed by atoms with Gasteiger partial charge in [0, 0.05) is 45.3 Å². The van der Waals surface area contributed by atoms with Crippen LogP contribution in [0.4, 0.5) is 4.79 Å². The van der Waals surface area contributed by atoms with Crippen molar-refractivity contribution in [1.82, 2.24) is 20.3 Å². The first-order valence-electron chi connectivity index (χ1n) is 8.99. The van der Waals surface area contributed by atoms with Crippen molar-refractivity contribution in [3.05, 3.63) is 53.9 Å². The number of hydrogen-bond donors (Lipinski definition) is 1. The van der Waals surface area contributed by atoms with Crippen molar-refractivity contribution in [1.29, 1.82) is 0 Å². The van der Waals surface area contributed by atoms with Crippen LogP contribution in [0.25, 0.3) is 0 Å². The Morgan fingerprint density at radius 3 is 2.68 bits per heavy atom. The molecule has 2 heterocycles. The van der Waals surface area contributed by atoms with Crippen LogP contribution in [0, 0.1) is 5.92 Å². The minimum absolute atomic E-state index is 0.0693. The van der Waals surface area contributed by atoms with Crippen molar-refractivity contribution in [3.63, 3.8) is 0 Å². The Hall–Kier alpha value is -2.34. The fourth-order valence-electron chi connectivity index (χ4n) is 3.57. The highest BCUT2D eigenvalue weighted by Crippen LogP contribution is 2.46. The van der Waals surface area contributed by atoms with Crippen LogP contribution >= 0.6 is 0 Å². The van der Waals surface area contributed by atoms with E-state index in [0.29, 0.717) is 11.8 Å². The maximum atomic E-state index is 12.4. The lowest BCUT2D eigenvalue weighted by molar-refractivity contribution is 0.133. The summed E-state index contributed by atoms with van der Waals surface area (Å²) in [6, 6.07) is 12.5. The summed E-state index contributed by atoms with van der Waals surface area (Å²) in [5.41, 5.74) is 2.34. The molecule has 1 saturated carbocycles. The Morgan fingerprint density at radius 2 is 1.96 bits per heavy atom. The minimum atomic E-state index is 0.0693. The van der Waals surface area contributed by atoms with Gasteiger partial charge in [-0.25, -0.2) is 4.79 Å². The zero-order valence-electron chi connectivity index (χ0n) is 14.3. The molecule has 2 unspecified atom stereocenters. The van der Waals surface area contributed by atoms with Crippen molar-refractivity contribution in [2.24, 2.45) is 5.92 Å². The number of aromatic nitrogens is 1. The van der Waals surface area contributed by atoms with Crippen LogP contribution in [0.5, 0.6) is 0 Å². The third-order valence-electron chi connectivity index (χ3n) is 5.20. The maximum Gasteiger partial charge on any atom is 0.317 e. The van der Waals surface area contributed by atoms with E-state index in [1.807, 2.05) is 17.0 Å². The van der Waals surface area contributed by atoms with E-state index in [0.717, 1.165) is 45.0 Å². The summed E-state index contributed by atoms with van der Waals surface area (Å²) in [7, 11) is 0. The normalized spacial score (nSPS) is 23.4. The summed E-state index contributed by atoms with van der Waals surface area (Å²) in [6.07, 6.45) is 2.77. The molecule has 0 bridgehead atoms. The molecule has 0 spiro atoms. The molecule has 2 fully saturated rings. The molecule has 1 saturated heterocycles. The molecule has 132 valence electrons. The molecule has 2 aromatic rings. The molecule has 1 aliphatic carbocycles. The smallest absolute Gasteiger partial charge is 0.317 e. The minimum Gasteiger partial charge on any atom is -0.364 e. The molecular formula is C19H24N4O2. The van der Waals surface area contributed by atoms with Gasteiger partial charge >= 0.3 is 6.03 Å². The second-order valence-corrected chi connectivity index (χ2v) is 6.95. The fraction of sp³-hybridized carbons (Fsp3) is 0.474. The van der Waals surface area contributed by atoms with Gasteiger partial charge in [0.25, 0.3) is 0 Å². The molecular weight excluding hydrogens is 316 g/mol. The lowest BCUT2D eigenvalue weighted by atomic mass is 10.1. The predicted molar refractivity (Wildman–Crippen MR) is 94.0 cm³/mol. The van der Waals surface area contributed by atoms with E-state index >= 15 is 0 Å². The Labute approximate surface area is 147 Å². The molecule has 6 heteroatoms. The summed E-state index contributed by atoms with van der Waals surface area (Å²) in [5.74, 6) is 1.20. The van der Waals surface area contributed by atoms with Crippen LogP contribution in [0.2, 0.25) is 0 Å². The number of piperazine rings is 1. The van der Waals surface area contributed by atoms with Gasteiger partial charge in [0.2, 0.25) is 0 Å². The lowest BCUT2D eigenvalue weighted by Crippen LogP contribution is -2.51. The lowest BCUT2D eigenvalue weighted by Gasteiger charge is -2.34. The summed E-state index contributed by atoms with van der Waals surface area (Å²) < 4.78 is 4.87. The molecule has 1 aromatic carbocycles. The summed E-state index contributed by atoms with van der Waals surface area (Å²) in [6.45, 7) is 4.82. The molecule has 1 N–H and O–H groups in total. The summed E-state index contributed by atoms with van der Waals surface area (Å²) in [5, 5.41) is 7.06. The third-order valence-corrected chi connectivity index (χ3v) is 5.20. The first-order chi connectivity index (χ1) is 12.3. The van der Waals surface area contributed by atoms with Gasteiger partial charge in [0.05, 0.1) is 5.69 Å². The molecule has 6 nitrogen and oxygen atoms in total. The Morgan fingerprint density at radius 1 is 1.16 bits per heavy atom. The Kier molecular flexibility index (Phi) is 4.70. The molecule has 25 heavy (non-hydrogen) atoms. The van der Waals surface area contributed by atoms with Gasteiger partial charge in [-0.15, -0.1) is 0 Å². The second-order valence-electron chi connectivity index (χ2n) is 6.95. The molecule has 2 aliphatic rings. The first kappa shape index (κ1) is 16.1. The average molecular weight is 340 g/mol. The second kappa shape index (κ2) is 7.27. The van der Waals surface area contributed by atoms with Gasteiger partial charge in [0.1, 0.15) is 6.26 Å². The van der Waals surface area contributed by atoms with Crippen LogP contribution in [0.15, 0.2) is 47.2 Å². The van der Waals surface area contributed by atoms with Gasteiger partial charge in [-0.05, 0) is 23.8 Å². The van der Waals surface area contributed by atoms with Crippen LogP contribution in [-0.4, -0.2) is 53.7 Å². The Balaban J connectivity index is 1.17. The van der Waals surface area contributed by atoms with Gasteiger partial charge in [-0.2, -0.15) is 0 Å². The number of benzene rings is 1. The largest absolute Gasteiger partial charge is 0.364 e. The van der Waals surface area contributed by atoms with Crippen molar-refractivity contribution in [3.8, 4) is 0 Å². The number of carbonyl (C=O) groups excluding carboxylic acids is 1. The van der Waals surface area contributed by atoms with Crippen LogP contribution in [0.1, 0.15) is 23.6 Å². The van der Waals surface area contributed by atoms with Crippen molar-refractivity contribution in [2.75, 3.05) is 32.7 Å². The highest BCUT2D eigenvalue weighted by Gasteiger charge is 2.38. The van der Waals surface area contributed by atoms with Crippen LogP contribution in [0.3, 0.4) is 0 Å². The van der Waals surface area contributed by atoms with Gasteiger partial charge in [0.15, 0.2) is 0 Å². The van der Waals surface area contributed by atoms with E-state index in [4.69, 9.17) is 4.52 Å². The van der Waals surface area contributed by atoms with E-state index in [1.54, 1.807) is 6.26 Å². The Bertz CT molecular complexity index is 681. The standard InChI is InChI=1S/C19H24N4O2/c24-19(20-13-16-12-18(16)15-4-2-1-3-5-15)23-9-7-22(8-10-23)14-17-6-11-25-21-17/h1-6,11,16,18H,7-10,12-14H2,(H,20,24). The van der Waals surface area contributed by atoms with Crippen molar-refractivity contribution >= 4 is 6.03 Å². The molecule has 2 amide bonds. The highest BCUT2D eigenvalue weighted by atomic mass is 16.5. The molecule has 2 atom stereocenters. The predicted octanol–water partition coefficient (Wildman–Crippen LogP) is 2.31. The zero-order valence-corrected chi connectivity index (χ0v) is 14.3. The molecule has 0 radical (unpaired) electrons. The SMILES string of the molecule is O=C(NCC1CC1c1ccccc1)N1CCN(Cc2ccon2)CC1. The van der Waals surface area contributed by atoms with Crippen LogP contribution in [-0.2, 0) is 6.54 Å². The van der Waals surface area contributed by atoms with E-state index in [1.165, 1.54) is 12.0 Å². The monoisotopic (exact) mass is 340 g/mol. The van der Waals surface area contributed by atoms with E-state index in [2.05, 4.69) is 39.6 Å². The average Bonchev–Trinajstić information content (AvgIpc) is 3.27. The van der Waals surface area contributed by atoms with E-state index in [-0.39, 0.29) is 6.03 Å². The van der Waals surface area contributed by atoms with Gasteiger partial charge in [-0.1, -0.05) is 35.5 Å². The first-order valence-corrected chi connectivity index (χ1v) is 8.99. The third kappa shape index (κ3) is 4.02. The fourth-order valence-corrected chi connectivity index (χ4v) is 3.57. The van der Waals surface area contributed by atoms with Crippen molar-refractivity contribution < 1.29 is 9.32 Å². The number of nitrogens with zero attached hydrogens (tertiary/aromatic N) is 3. The number of hydrogen-bond acceptors (Lipinski definition) is 4. The van der Waals surface area contributed by atoms with Gasteiger partial charge < -0.3 is 14.7 Å².